The number of carbonyl (C=O) groups is 1. The van der Waals surface area contributed by atoms with Gasteiger partial charge in [0, 0.05) is 10.1 Å². The molecule has 2 N–H and O–H groups in total. The fraction of sp³-hybridized carbons (Fsp3) is 0.417. The number of nitrogens with two attached hydrogens (primary N) is 1. The molecule has 0 saturated carbocycles. The van der Waals surface area contributed by atoms with E-state index in [0.717, 1.165) is 4.90 Å². The van der Waals surface area contributed by atoms with Gasteiger partial charge in [0.05, 0.1) is 23.7 Å². The van der Waals surface area contributed by atoms with Crippen molar-refractivity contribution in [2.24, 2.45) is 0 Å². The smallest absolute Gasteiger partial charge is 0.306 e. The summed E-state index contributed by atoms with van der Waals surface area (Å²) in [4.78, 5) is 12.3. The van der Waals surface area contributed by atoms with Gasteiger partial charge in [-0.3, -0.25) is 4.79 Å². The first-order valence-electron chi connectivity index (χ1n) is 5.40. The molecule has 1 rings (SSSR count). The van der Waals surface area contributed by atoms with Gasteiger partial charge in [0.2, 0.25) is 0 Å². The third-order valence-corrected chi connectivity index (χ3v) is 3.49. The maximum Gasteiger partial charge on any atom is 0.306 e. The Labute approximate surface area is 111 Å². The summed E-state index contributed by atoms with van der Waals surface area (Å²) in [6.45, 7) is 4.20. The van der Waals surface area contributed by atoms with E-state index in [2.05, 4.69) is 0 Å². The molecule has 1 unspecified atom stereocenters. The molecule has 17 heavy (non-hydrogen) atoms. The Morgan fingerprint density at radius 3 is 2.88 bits per heavy atom. The van der Waals surface area contributed by atoms with E-state index in [-0.39, 0.29) is 11.2 Å². The number of rotatable bonds is 5. The second-order valence-corrected chi connectivity index (χ2v) is 5.54. The number of nitrogen functional groups attached to an aromatic ring is 1. The summed E-state index contributed by atoms with van der Waals surface area (Å²) in [7, 11) is 0. The molecule has 0 fully saturated rings. The zero-order chi connectivity index (χ0) is 12.8. The third-order valence-electron chi connectivity index (χ3n) is 2.07. The average molecular weight is 274 g/mol. The first-order valence-corrected chi connectivity index (χ1v) is 6.66. The third kappa shape index (κ3) is 4.88. The van der Waals surface area contributed by atoms with Crippen molar-refractivity contribution < 1.29 is 9.53 Å². The van der Waals surface area contributed by atoms with Crippen LogP contribution in [0.1, 0.15) is 20.3 Å². The predicted octanol–water partition coefficient (Wildman–Crippen LogP) is 3.36. The SMILES string of the molecule is CCOC(=O)CC(C)Sc1ccc(N)c(Cl)c1. The Morgan fingerprint density at radius 2 is 2.29 bits per heavy atom. The highest BCUT2D eigenvalue weighted by Gasteiger charge is 2.11. The fourth-order valence-corrected chi connectivity index (χ4v) is 2.57. The van der Waals surface area contributed by atoms with Gasteiger partial charge in [-0.1, -0.05) is 18.5 Å². The van der Waals surface area contributed by atoms with Gasteiger partial charge in [0.25, 0.3) is 0 Å². The Bertz CT molecular complexity index is 398. The van der Waals surface area contributed by atoms with Crippen molar-refractivity contribution in [2.75, 3.05) is 12.3 Å². The second-order valence-electron chi connectivity index (χ2n) is 3.62. The number of hydrogen-bond acceptors (Lipinski definition) is 4. The van der Waals surface area contributed by atoms with Gasteiger partial charge in [-0.05, 0) is 25.1 Å². The molecule has 0 aliphatic heterocycles. The van der Waals surface area contributed by atoms with Gasteiger partial charge in [-0.25, -0.2) is 0 Å². The number of hydrogen-bond donors (Lipinski definition) is 1. The number of anilines is 1. The van der Waals surface area contributed by atoms with E-state index in [1.54, 1.807) is 24.8 Å². The molecule has 1 atom stereocenters. The minimum Gasteiger partial charge on any atom is -0.466 e. The van der Waals surface area contributed by atoms with E-state index in [0.29, 0.717) is 23.7 Å². The lowest BCUT2D eigenvalue weighted by molar-refractivity contribution is -0.142. The van der Waals surface area contributed by atoms with Gasteiger partial charge >= 0.3 is 5.97 Å². The molecule has 0 saturated heterocycles. The number of esters is 1. The molecule has 0 aliphatic rings. The van der Waals surface area contributed by atoms with Gasteiger partial charge in [-0.2, -0.15) is 0 Å². The lowest BCUT2D eigenvalue weighted by Gasteiger charge is -2.11. The molecule has 94 valence electrons. The van der Waals surface area contributed by atoms with Crippen LogP contribution in [0.2, 0.25) is 5.02 Å². The van der Waals surface area contributed by atoms with Crippen molar-refractivity contribution >= 4 is 35.0 Å². The van der Waals surface area contributed by atoms with Crippen LogP contribution in [0.5, 0.6) is 0 Å². The van der Waals surface area contributed by atoms with E-state index in [4.69, 9.17) is 22.1 Å². The van der Waals surface area contributed by atoms with Crippen LogP contribution in [-0.4, -0.2) is 17.8 Å². The van der Waals surface area contributed by atoms with Crippen molar-refractivity contribution in [1.82, 2.24) is 0 Å². The highest BCUT2D eigenvalue weighted by molar-refractivity contribution is 8.00. The number of ether oxygens (including phenoxy) is 1. The summed E-state index contributed by atoms with van der Waals surface area (Å²) in [5, 5.41) is 0.687. The first-order chi connectivity index (χ1) is 8.02. The molecule has 0 radical (unpaired) electrons. The zero-order valence-electron chi connectivity index (χ0n) is 9.90. The number of halogens is 1. The summed E-state index contributed by atoms with van der Waals surface area (Å²) >= 11 is 7.50. The van der Waals surface area contributed by atoms with Crippen molar-refractivity contribution in [3.63, 3.8) is 0 Å². The topological polar surface area (TPSA) is 52.3 Å². The standard InChI is InChI=1S/C12H16ClNO2S/c1-3-16-12(15)6-8(2)17-9-4-5-11(14)10(13)7-9/h4-5,7-8H,3,6,14H2,1-2H3. The summed E-state index contributed by atoms with van der Waals surface area (Å²) in [5.74, 6) is -0.172. The Kier molecular flexibility index (Phi) is 5.65. The molecular weight excluding hydrogens is 258 g/mol. The summed E-state index contributed by atoms with van der Waals surface area (Å²) in [5.41, 5.74) is 6.19. The van der Waals surface area contributed by atoms with Crippen LogP contribution >= 0.6 is 23.4 Å². The Hall–Kier alpha value is -0.870. The van der Waals surface area contributed by atoms with Crippen LogP contribution < -0.4 is 5.73 Å². The van der Waals surface area contributed by atoms with E-state index < -0.39 is 0 Å². The summed E-state index contributed by atoms with van der Waals surface area (Å²) < 4.78 is 4.89. The first kappa shape index (κ1) is 14.2. The van der Waals surface area contributed by atoms with Crippen molar-refractivity contribution in [3.8, 4) is 0 Å². The normalized spacial score (nSPS) is 12.2. The van der Waals surface area contributed by atoms with Crippen LogP contribution in [0.15, 0.2) is 23.1 Å². The highest BCUT2D eigenvalue weighted by Crippen LogP contribution is 2.30. The molecule has 0 heterocycles. The predicted molar refractivity (Wildman–Crippen MR) is 72.4 cm³/mol. The van der Waals surface area contributed by atoms with Gasteiger partial charge in [0.15, 0.2) is 0 Å². The van der Waals surface area contributed by atoms with Crippen LogP contribution in [0, 0.1) is 0 Å². The molecule has 1 aromatic rings. The minimum atomic E-state index is -0.172. The summed E-state index contributed by atoms with van der Waals surface area (Å²) in [6, 6.07) is 5.47. The lowest BCUT2D eigenvalue weighted by Crippen LogP contribution is -2.10. The van der Waals surface area contributed by atoms with Crippen LogP contribution in [0.25, 0.3) is 0 Å². The van der Waals surface area contributed by atoms with Gasteiger partial charge in [0.1, 0.15) is 0 Å². The van der Waals surface area contributed by atoms with Crippen molar-refractivity contribution in [1.29, 1.82) is 0 Å². The zero-order valence-corrected chi connectivity index (χ0v) is 11.5. The van der Waals surface area contributed by atoms with Gasteiger partial charge < -0.3 is 10.5 Å². The van der Waals surface area contributed by atoms with Crippen LogP contribution in [0.4, 0.5) is 5.69 Å². The molecule has 0 bridgehead atoms. The van der Waals surface area contributed by atoms with E-state index in [9.17, 15) is 4.79 Å². The molecule has 0 amide bonds. The average Bonchev–Trinajstić information content (AvgIpc) is 2.23. The maximum atomic E-state index is 11.3. The molecule has 3 nitrogen and oxygen atoms in total. The number of benzene rings is 1. The molecule has 1 aromatic carbocycles. The second kappa shape index (κ2) is 6.77. The number of thioether (sulfide) groups is 1. The largest absolute Gasteiger partial charge is 0.466 e. The molecule has 0 aliphatic carbocycles. The molecular formula is C12H16ClNO2S. The molecule has 0 aromatic heterocycles. The van der Waals surface area contributed by atoms with E-state index in [1.165, 1.54) is 0 Å². The van der Waals surface area contributed by atoms with Crippen molar-refractivity contribution in [3.05, 3.63) is 23.2 Å². The van der Waals surface area contributed by atoms with Crippen LogP contribution in [0.3, 0.4) is 0 Å². The molecule has 0 spiro atoms. The van der Waals surface area contributed by atoms with E-state index in [1.807, 2.05) is 19.1 Å². The Balaban J connectivity index is 2.53. The minimum absolute atomic E-state index is 0.147. The van der Waals surface area contributed by atoms with Crippen LogP contribution in [-0.2, 0) is 9.53 Å². The quantitative estimate of drug-likeness (QED) is 0.508. The van der Waals surface area contributed by atoms with Crippen molar-refractivity contribution in [2.45, 2.75) is 30.4 Å². The highest BCUT2D eigenvalue weighted by atomic mass is 35.5. The summed E-state index contributed by atoms with van der Waals surface area (Å²) in [6.07, 6.45) is 0.389. The van der Waals surface area contributed by atoms with Gasteiger partial charge in [-0.15, -0.1) is 11.8 Å². The molecule has 5 heteroatoms. The Morgan fingerprint density at radius 1 is 1.59 bits per heavy atom. The monoisotopic (exact) mass is 273 g/mol. The fourth-order valence-electron chi connectivity index (χ4n) is 1.31. The number of carbonyl (C=O) groups excluding carboxylic acids is 1. The lowest BCUT2D eigenvalue weighted by atomic mass is 10.3. The van der Waals surface area contributed by atoms with E-state index >= 15 is 0 Å². The maximum absolute atomic E-state index is 11.3.